The van der Waals surface area contributed by atoms with Crippen LogP contribution in [0.1, 0.15) is 0 Å². The number of aromatic nitrogens is 7. The van der Waals surface area contributed by atoms with Crippen LogP contribution in [-0.4, -0.2) is 41.4 Å². The second-order valence-electron chi connectivity index (χ2n) is 7.94. The van der Waals surface area contributed by atoms with Crippen LogP contribution in [0.3, 0.4) is 0 Å². The Hall–Kier alpha value is -3.71. The monoisotopic (exact) mass is 539 g/mol. The third kappa shape index (κ3) is 3.12. The lowest BCUT2D eigenvalue weighted by Gasteiger charge is -2.20. The number of rotatable bonds is 3. The standard InChI is InChI=1S/C24H11N8S4/c1-3-25-24-19(31-22(36-24)12-5-15-23(27-6-12)35-10-29-15)13(1)18-21-20(30-11-34-21)16(7-26-18)32-4-2-14-17(8-32)33-9-28-14/h1-3,6-11H,4H2. The molecule has 0 aromatic carbocycles. The van der Waals surface area contributed by atoms with Crippen molar-refractivity contribution in [2.45, 2.75) is 0 Å². The molecule has 8 heterocycles. The molecule has 0 spiro atoms. The van der Waals surface area contributed by atoms with Crippen LogP contribution in [0.25, 0.3) is 65.0 Å². The Bertz CT molecular complexity index is 2070. The summed E-state index contributed by atoms with van der Waals surface area (Å²) in [4.78, 5) is 36.3. The van der Waals surface area contributed by atoms with Gasteiger partial charge in [0.05, 0.1) is 48.7 Å². The number of fused-ring (bicyclic) bond motifs is 4. The van der Waals surface area contributed by atoms with Crippen molar-refractivity contribution in [3.63, 3.8) is 0 Å². The third-order valence-corrected chi connectivity index (χ3v) is 9.27. The van der Waals surface area contributed by atoms with Gasteiger partial charge in [-0.3, -0.25) is 4.98 Å². The lowest BCUT2D eigenvalue weighted by Crippen LogP contribution is -2.33. The summed E-state index contributed by atoms with van der Waals surface area (Å²) in [5.41, 5.74) is 11.6. The molecule has 0 bridgehead atoms. The summed E-state index contributed by atoms with van der Waals surface area (Å²) in [5.74, 6) is 0. The highest BCUT2D eigenvalue weighted by atomic mass is 32.1. The van der Waals surface area contributed by atoms with Crippen LogP contribution in [0.5, 0.6) is 0 Å². The van der Waals surface area contributed by atoms with Gasteiger partial charge in [0, 0.05) is 42.3 Å². The van der Waals surface area contributed by atoms with Crippen LogP contribution in [0, 0.1) is 6.07 Å². The molecule has 0 saturated heterocycles. The van der Waals surface area contributed by atoms with Crippen molar-refractivity contribution < 1.29 is 0 Å². The zero-order chi connectivity index (χ0) is 23.6. The Morgan fingerprint density at radius 1 is 0.861 bits per heavy atom. The van der Waals surface area contributed by atoms with E-state index in [9.17, 15) is 0 Å². The second-order valence-corrected chi connectivity index (χ2v) is 11.5. The quantitative estimate of drug-likeness (QED) is 0.328. The molecular formula is C24H11N8S4. The van der Waals surface area contributed by atoms with E-state index < -0.39 is 0 Å². The zero-order valence-corrected chi connectivity index (χ0v) is 21.4. The lowest BCUT2D eigenvalue weighted by molar-refractivity contribution is 1.12. The summed E-state index contributed by atoms with van der Waals surface area (Å²) in [7, 11) is 0. The van der Waals surface area contributed by atoms with Crippen LogP contribution >= 0.6 is 45.3 Å². The van der Waals surface area contributed by atoms with Gasteiger partial charge in [-0.15, -0.1) is 34.0 Å². The Kier molecular flexibility index (Phi) is 4.49. The molecular weight excluding hydrogens is 529 g/mol. The van der Waals surface area contributed by atoms with Crippen LogP contribution in [0.2, 0.25) is 0 Å². The van der Waals surface area contributed by atoms with Gasteiger partial charge in [0.2, 0.25) is 0 Å². The average Bonchev–Trinajstić information content (AvgIpc) is 3.72. The summed E-state index contributed by atoms with van der Waals surface area (Å²) >= 11 is 6.24. The SMILES string of the molecule is [c]1c(-c2nc3c(-c4ncc(N5C=c6scnc6=CC5)c5ncsc45)ccnc3s2)cnc2scnc12. The normalized spacial score (nSPS) is 13.3. The number of hydrogen-bond acceptors (Lipinski definition) is 12. The molecule has 1 radical (unpaired) electrons. The maximum absolute atomic E-state index is 4.95. The molecule has 0 amide bonds. The molecule has 0 N–H and O–H groups in total. The van der Waals surface area contributed by atoms with Crippen molar-refractivity contribution in [2.75, 3.05) is 11.4 Å². The van der Waals surface area contributed by atoms with Crippen LogP contribution in [-0.2, 0) is 0 Å². The van der Waals surface area contributed by atoms with Gasteiger partial charge < -0.3 is 4.90 Å². The Morgan fingerprint density at radius 2 is 1.81 bits per heavy atom. The zero-order valence-electron chi connectivity index (χ0n) is 18.1. The number of anilines is 1. The summed E-state index contributed by atoms with van der Waals surface area (Å²) in [6.07, 6.45) is 9.78. The maximum atomic E-state index is 4.95. The van der Waals surface area contributed by atoms with E-state index >= 15 is 0 Å². The highest BCUT2D eigenvalue weighted by Crippen LogP contribution is 2.39. The molecule has 0 unspecified atom stereocenters. The molecule has 12 heteroatoms. The highest BCUT2D eigenvalue weighted by Gasteiger charge is 2.20. The van der Waals surface area contributed by atoms with E-state index in [0.29, 0.717) is 0 Å². The topological polar surface area (TPSA) is 93.5 Å². The van der Waals surface area contributed by atoms with E-state index in [2.05, 4.69) is 43.2 Å². The first-order valence-electron chi connectivity index (χ1n) is 10.8. The third-order valence-electron chi connectivity index (χ3n) is 5.92. The predicted molar refractivity (Wildman–Crippen MR) is 147 cm³/mol. The fraction of sp³-hybridized carbons (Fsp3) is 0.0417. The van der Waals surface area contributed by atoms with Crippen molar-refractivity contribution in [1.29, 1.82) is 0 Å². The minimum Gasteiger partial charge on any atom is -0.340 e. The molecule has 7 aromatic rings. The van der Waals surface area contributed by atoms with Gasteiger partial charge in [-0.05, 0) is 12.1 Å². The number of nitrogens with zero attached hydrogens (tertiary/aromatic N) is 8. The number of pyridine rings is 3. The first-order valence-corrected chi connectivity index (χ1v) is 14.3. The average molecular weight is 540 g/mol. The molecule has 171 valence electrons. The highest BCUT2D eigenvalue weighted by molar-refractivity contribution is 7.21. The van der Waals surface area contributed by atoms with Crippen molar-refractivity contribution in [1.82, 2.24) is 34.9 Å². The molecule has 0 saturated carbocycles. The number of thiazole rings is 4. The van der Waals surface area contributed by atoms with Crippen molar-refractivity contribution in [2.24, 2.45) is 0 Å². The fourth-order valence-corrected chi connectivity index (χ4v) is 7.27. The molecule has 0 atom stereocenters. The first-order chi connectivity index (χ1) is 17.8. The van der Waals surface area contributed by atoms with Gasteiger partial charge >= 0.3 is 0 Å². The van der Waals surface area contributed by atoms with Gasteiger partial charge in [0.1, 0.15) is 31.2 Å². The number of hydrogen-bond donors (Lipinski definition) is 0. The Balaban J connectivity index is 1.27. The molecule has 0 fully saturated rings. The Labute approximate surface area is 218 Å². The van der Waals surface area contributed by atoms with Crippen molar-refractivity contribution >= 4 is 94.2 Å². The van der Waals surface area contributed by atoms with Crippen LogP contribution in [0.15, 0.2) is 41.2 Å². The minimum absolute atomic E-state index is 0.729. The largest absolute Gasteiger partial charge is 0.340 e. The van der Waals surface area contributed by atoms with E-state index in [0.717, 1.165) is 74.9 Å². The Morgan fingerprint density at radius 3 is 2.81 bits per heavy atom. The fourth-order valence-electron chi connectivity index (χ4n) is 4.25. The van der Waals surface area contributed by atoms with Gasteiger partial charge in [0.25, 0.3) is 0 Å². The van der Waals surface area contributed by atoms with Gasteiger partial charge in [0.15, 0.2) is 0 Å². The van der Waals surface area contributed by atoms with Crippen molar-refractivity contribution in [3.8, 4) is 21.8 Å². The summed E-state index contributed by atoms with van der Waals surface area (Å²) in [6, 6.07) is 5.31. The summed E-state index contributed by atoms with van der Waals surface area (Å²) in [6.45, 7) is 0.729. The molecule has 7 aromatic heterocycles. The molecule has 0 aliphatic carbocycles. The first kappa shape index (κ1) is 20.5. The van der Waals surface area contributed by atoms with Gasteiger partial charge in [-0.25, -0.2) is 29.9 Å². The van der Waals surface area contributed by atoms with Crippen LogP contribution < -0.4 is 14.8 Å². The molecule has 8 rings (SSSR count). The van der Waals surface area contributed by atoms with E-state index in [1.807, 2.05) is 29.5 Å². The van der Waals surface area contributed by atoms with Crippen LogP contribution in [0.4, 0.5) is 5.69 Å². The predicted octanol–water partition coefficient (Wildman–Crippen LogP) is 4.33. The minimum atomic E-state index is 0.729. The summed E-state index contributed by atoms with van der Waals surface area (Å²) < 4.78 is 2.16. The van der Waals surface area contributed by atoms with E-state index in [-0.39, 0.29) is 0 Å². The second kappa shape index (κ2) is 7.90. The van der Waals surface area contributed by atoms with E-state index in [1.54, 1.807) is 34.4 Å². The van der Waals surface area contributed by atoms with E-state index in [4.69, 9.17) is 15.0 Å². The smallest absolute Gasteiger partial charge is 0.144 e. The van der Waals surface area contributed by atoms with Gasteiger partial charge in [-0.1, -0.05) is 11.3 Å². The maximum Gasteiger partial charge on any atom is 0.144 e. The lowest BCUT2D eigenvalue weighted by atomic mass is 10.1. The van der Waals surface area contributed by atoms with Crippen molar-refractivity contribution in [3.05, 3.63) is 57.1 Å². The summed E-state index contributed by atoms with van der Waals surface area (Å²) in [5, 5.41) is 1.85. The molecule has 36 heavy (non-hydrogen) atoms. The van der Waals surface area contributed by atoms with E-state index in [1.165, 1.54) is 22.7 Å². The molecule has 1 aliphatic heterocycles. The molecule has 8 nitrogen and oxygen atoms in total. The molecule has 1 aliphatic rings. The van der Waals surface area contributed by atoms with Gasteiger partial charge in [-0.2, -0.15) is 0 Å².